The fraction of sp³-hybridized carbons (Fsp3) is 0.625. The Morgan fingerprint density at radius 2 is 1.59 bits per heavy atom. The van der Waals surface area contributed by atoms with E-state index in [1.54, 1.807) is 0 Å². The molecule has 0 aromatic heterocycles. The number of benzene rings is 1. The first kappa shape index (κ1) is 14.2. The van der Waals surface area contributed by atoms with Crippen LogP contribution in [-0.4, -0.2) is 6.54 Å². The number of rotatable bonds is 4. The van der Waals surface area contributed by atoms with Gasteiger partial charge in [-0.15, -0.1) is 0 Å². The lowest BCUT2D eigenvalue weighted by Gasteiger charge is -2.23. The van der Waals surface area contributed by atoms with Gasteiger partial charge in [0, 0.05) is 0 Å². The number of hydrogen-bond donors (Lipinski definition) is 1. The van der Waals surface area contributed by atoms with Gasteiger partial charge in [-0.1, -0.05) is 58.9 Å². The second kappa shape index (κ2) is 5.68. The molecule has 0 aliphatic heterocycles. The minimum Gasteiger partial charge on any atom is -0.330 e. The van der Waals surface area contributed by atoms with Crippen molar-refractivity contribution in [2.24, 2.45) is 11.7 Å². The minimum atomic E-state index is 0.236. The maximum absolute atomic E-state index is 5.70. The largest absolute Gasteiger partial charge is 0.330 e. The lowest BCUT2D eigenvalue weighted by Crippen LogP contribution is -2.14. The zero-order valence-corrected chi connectivity index (χ0v) is 12.0. The van der Waals surface area contributed by atoms with Crippen molar-refractivity contribution < 1.29 is 0 Å². The summed E-state index contributed by atoms with van der Waals surface area (Å²) in [5.41, 5.74) is 8.77. The molecule has 1 unspecified atom stereocenters. The molecule has 96 valence electrons. The van der Waals surface area contributed by atoms with Crippen LogP contribution in [0.15, 0.2) is 24.3 Å². The second-order valence-electron chi connectivity index (χ2n) is 6.30. The molecule has 1 heteroatoms. The van der Waals surface area contributed by atoms with Crippen LogP contribution in [0, 0.1) is 5.92 Å². The average Bonchev–Trinajstić information content (AvgIpc) is 2.24. The van der Waals surface area contributed by atoms with Crippen molar-refractivity contribution in [1.29, 1.82) is 0 Å². The Bertz CT molecular complexity index is 330. The van der Waals surface area contributed by atoms with Gasteiger partial charge in [0.2, 0.25) is 0 Å². The predicted molar refractivity (Wildman–Crippen MR) is 76.4 cm³/mol. The van der Waals surface area contributed by atoms with Gasteiger partial charge in [-0.2, -0.15) is 0 Å². The van der Waals surface area contributed by atoms with Crippen LogP contribution in [0.1, 0.15) is 58.1 Å². The molecule has 0 fully saturated rings. The van der Waals surface area contributed by atoms with Crippen LogP contribution < -0.4 is 5.73 Å². The van der Waals surface area contributed by atoms with Crippen molar-refractivity contribution >= 4 is 0 Å². The number of nitrogens with two attached hydrogens (primary N) is 1. The summed E-state index contributed by atoms with van der Waals surface area (Å²) in [5.74, 6) is 1.24. The van der Waals surface area contributed by atoms with E-state index in [9.17, 15) is 0 Å². The van der Waals surface area contributed by atoms with Gasteiger partial charge in [0.15, 0.2) is 0 Å². The van der Waals surface area contributed by atoms with Gasteiger partial charge in [-0.3, -0.25) is 0 Å². The number of hydrogen-bond acceptors (Lipinski definition) is 1. The Hall–Kier alpha value is -0.820. The first-order valence-electron chi connectivity index (χ1n) is 6.66. The van der Waals surface area contributed by atoms with Crippen LogP contribution in [0.2, 0.25) is 0 Å². The smallest absolute Gasteiger partial charge is 0.00713 e. The monoisotopic (exact) mass is 233 g/mol. The molecule has 0 saturated heterocycles. The molecule has 0 bridgehead atoms. The van der Waals surface area contributed by atoms with E-state index in [0.29, 0.717) is 11.8 Å². The highest BCUT2D eigenvalue weighted by Crippen LogP contribution is 2.29. The van der Waals surface area contributed by atoms with Gasteiger partial charge in [-0.25, -0.2) is 0 Å². The van der Waals surface area contributed by atoms with E-state index in [-0.39, 0.29) is 5.41 Å². The summed E-state index contributed by atoms with van der Waals surface area (Å²) in [4.78, 5) is 0. The molecule has 0 aliphatic carbocycles. The van der Waals surface area contributed by atoms with E-state index in [1.807, 2.05) is 0 Å². The molecule has 1 rings (SSSR count). The summed E-state index contributed by atoms with van der Waals surface area (Å²) in [7, 11) is 0. The Kier molecular flexibility index (Phi) is 4.76. The summed E-state index contributed by atoms with van der Waals surface area (Å²) in [5, 5.41) is 0. The first-order chi connectivity index (χ1) is 7.86. The van der Waals surface area contributed by atoms with E-state index >= 15 is 0 Å². The Morgan fingerprint density at radius 1 is 1.06 bits per heavy atom. The molecule has 1 aromatic carbocycles. The molecule has 17 heavy (non-hydrogen) atoms. The highest BCUT2D eigenvalue weighted by atomic mass is 14.5. The van der Waals surface area contributed by atoms with Crippen molar-refractivity contribution in [2.45, 2.75) is 52.4 Å². The fourth-order valence-corrected chi connectivity index (χ4v) is 2.29. The maximum atomic E-state index is 5.70. The highest BCUT2D eigenvalue weighted by Gasteiger charge is 2.17. The van der Waals surface area contributed by atoms with Gasteiger partial charge in [0.1, 0.15) is 0 Å². The first-order valence-corrected chi connectivity index (χ1v) is 6.66. The Balaban J connectivity index is 2.92. The molecule has 1 atom stereocenters. The maximum Gasteiger partial charge on any atom is -0.00713 e. The fourth-order valence-electron chi connectivity index (χ4n) is 2.29. The van der Waals surface area contributed by atoms with Crippen LogP contribution in [0.5, 0.6) is 0 Å². The molecule has 0 radical (unpaired) electrons. The summed E-state index contributed by atoms with van der Waals surface area (Å²) in [6, 6.07) is 9.09. The van der Waals surface area contributed by atoms with E-state index in [4.69, 9.17) is 5.73 Å². The quantitative estimate of drug-likeness (QED) is 0.833. The molecule has 0 aliphatic rings. The van der Waals surface area contributed by atoms with E-state index in [0.717, 1.165) is 13.0 Å². The van der Waals surface area contributed by atoms with Gasteiger partial charge >= 0.3 is 0 Å². The molecular weight excluding hydrogens is 206 g/mol. The molecule has 1 nitrogen and oxygen atoms in total. The third-order valence-corrected chi connectivity index (χ3v) is 3.49. The molecule has 0 heterocycles. The minimum absolute atomic E-state index is 0.236. The third-order valence-electron chi connectivity index (χ3n) is 3.49. The van der Waals surface area contributed by atoms with Crippen LogP contribution >= 0.6 is 0 Å². The molecular formula is C16H27N. The highest BCUT2D eigenvalue weighted by molar-refractivity contribution is 5.29. The topological polar surface area (TPSA) is 26.0 Å². The lowest BCUT2D eigenvalue weighted by atomic mass is 9.82. The van der Waals surface area contributed by atoms with Crippen molar-refractivity contribution in [1.82, 2.24) is 0 Å². The van der Waals surface area contributed by atoms with Crippen LogP contribution in [0.4, 0.5) is 0 Å². The van der Waals surface area contributed by atoms with Crippen LogP contribution in [0.3, 0.4) is 0 Å². The zero-order chi connectivity index (χ0) is 13.1. The second-order valence-corrected chi connectivity index (χ2v) is 6.30. The van der Waals surface area contributed by atoms with E-state index in [1.165, 1.54) is 11.1 Å². The van der Waals surface area contributed by atoms with Gasteiger partial charge in [-0.05, 0) is 41.3 Å². The Morgan fingerprint density at radius 3 is 1.94 bits per heavy atom. The zero-order valence-electron chi connectivity index (χ0n) is 12.0. The van der Waals surface area contributed by atoms with Crippen molar-refractivity contribution in [3.63, 3.8) is 0 Å². The summed E-state index contributed by atoms with van der Waals surface area (Å²) in [6.45, 7) is 12.1. The Labute approximate surface area is 106 Å². The normalized spacial score (nSPS) is 14.1. The average molecular weight is 233 g/mol. The van der Waals surface area contributed by atoms with Gasteiger partial charge < -0.3 is 5.73 Å². The SMILES string of the molecule is CC(C)C(CCN)c1ccc(C(C)(C)C)cc1. The lowest BCUT2D eigenvalue weighted by molar-refractivity contribution is 0.473. The standard InChI is InChI=1S/C16H27N/c1-12(2)15(10-11-17)13-6-8-14(9-7-13)16(3,4)5/h6-9,12,15H,10-11,17H2,1-5H3. The molecule has 2 N–H and O–H groups in total. The molecule has 1 aromatic rings. The molecule has 0 spiro atoms. The third kappa shape index (κ3) is 3.85. The van der Waals surface area contributed by atoms with Gasteiger partial charge in [0.05, 0.1) is 0 Å². The summed E-state index contributed by atoms with van der Waals surface area (Å²) in [6.07, 6.45) is 1.08. The summed E-state index contributed by atoms with van der Waals surface area (Å²) < 4.78 is 0. The van der Waals surface area contributed by atoms with Crippen LogP contribution in [0.25, 0.3) is 0 Å². The van der Waals surface area contributed by atoms with E-state index < -0.39 is 0 Å². The molecule has 0 amide bonds. The predicted octanol–water partition coefficient (Wildman–Crippen LogP) is 4.07. The van der Waals surface area contributed by atoms with Crippen molar-refractivity contribution in [3.05, 3.63) is 35.4 Å². The summed E-state index contributed by atoms with van der Waals surface area (Å²) >= 11 is 0. The molecule has 0 saturated carbocycles. The van der Waals surface area contributed by atoms with Crippen LogP contribution in [-0.2, 0) is 5.41 Å². The van der Waals surface area contributed by atoms with Gasteiger partial charge in [0.25, 0.3) is 0 Å². The van der Waals surface area contributed by atoms with Crippen molar-refractivity contribution in [3.8, 4) is 0 Å². The van der Waals surface area contributed by atoms with Crippen molar-refractivity contribution in [2.75, 3.05) is 6.54 Å². The van der Waals surface area contributed by atoms with E-state index in [2.05, 4.69) is 58.9 Å².